The summed E-state index contributed by atoms with van der Waals surface area (Å²) in [5, 5.41) is 10.6. The van der Waals surface area contributed by atoms with Crippen molar-refractivity contribution in [1.82, 2.24) is 15.3 Å². The molecule has 19 heavy (non-hydrogen) atoms. The minimum absolute atomic E-state index is 0.156. The number of imidazole rings is 1. The smallest absolute Gasteiger partial charge is 0.422 e. The van der Waals surface area contributed by atoms with Crippen LogP contribution in [0.25, 0.3) is 0 Å². The van der Waals surface area contributed by atoms with Crippen molar-refractivity contribution in [3.8, 4) is 0 Å². The largest absolute Gasteiger partial charge is 0.480 e. The van der Waals surface area contributed by atoms with E-state index in [1.54, 1.807) is 0 Å². The molecule has 0 unspecified atom stereocenters. The zero-order valence-electron chi connectivity index (χ0n) is 9.40. The van der Waals surface area contributed by atoms with Gasteiger partial charge in [0.15, 0.2) is 6.61 Å². The van der Waals surface area contributed by atoms with E-state index in [-0.39, 0.29) is 6.42 Å². The van der Waals surface area contributed by atoms with Gasteiger partial charge in [0.1, 0.15) is 6.04 Å². The van der Waals surface area contributed by atoms with E-state index in [0.717, 1.165) is 0 Å². The SMILES string of the molecule is O=C(N[C@@H](Cc1cnc[nH]1)C(=O)O)OCC(F)(F)F. The fraction of sp³-hybridized carbons (Fsp3) is 0.444. The molecule has 0 aliphatic rings. The number of halogens is 3. The van der Waals surface area contributed by atoms with E-state index < -0.39 is 30.9 Å². The molecule has 0 radical (unpaired) electrons. The third-order valence-corrected chi connectivity index (χ3v) is 1.94. The minimum Gasteiger partial charge on any atom is -0.480 e. The van der Waals surface area contributed by atoms with Crippen molar-refractivity contribution in [2.24, 2.45) is 0 Å². The quantitative estimate of drug-likeness (QED) is 0.736. The summed E-state index contributed by atoms with van der Waals surface area (Å²) in [7, 11) is 0. The molecule has 0 saturated heterocycles. The fourth-order valence-corrected chi connectivity index (χ4v) is 1.15. The molecule has 1 aromatic rings. The summed E-state index contributed by atoms with van der Waals surface area (Å²) in [6.07, 6.45) is -3.64. The molecule has 10 heteroatoms. The number of aromatic amines is 1. The van der Waals surface area contributed by atoms with Crippen LogP contribution in [-0.2, 0) is 16.0 Å². The normalized spacial score (nSPS) is 12.8. The van der Waals surface area contributed by atoms with Crippen molar-refractivity contribution in [3.63, 3.8) is 0 Å². The summed E-state index contributed by atoms with van der Waals surface area (Å²) in [4.78, 5) is 28.1. The van der Waals surface area contributed by atoms with E-state index in [4.69, 9.17) is 5.11 Å². The Kier molecular flexibility index (Phi) is 4.73. The molecule has 1 aromatic heterocycles. The number of nitrogens with one attached hydrogen (secondary N) is 2. The van der Waals surface area contributed by atoms with Gasteiger partial charge in [0.2, 0.25) is 0 Å². The number of rotatable bonds is 5. The second kappa shape index (κ2) is 6.07. The molecule has 1 atom stereocenters. The molecule has 106 valence electrons. The maximum atomic E-state index is 11.8. The first kappa shape index (κ1) is 14.8. The molecule has 0 aromatic carbocycles. The number of hydrogen-bond donors (Lipinski definition) is 3. The first-order chi connectivity index (χ1) is 8.78. The lowest BCUT2D eigenvalue weighted by atomic mass is 10.2. The molecular formula is C9H10F3N3O4. The number of aliphatic carboxylic acids is 1. The molecule has 1 rings (SSSR count). The van der Waals surface area contributed by atoms with Gasteiger partial charge in [-0.2, -0.15) is 13.2 Å². The highest BCUT2D eigenvalue weighted by Gasteiger charge is 2.30. The van der Waals surface area contributed by atoms with E-state index in [1.807, 2.05) is 5.32 Å². The van der Waals surface area contributed by atoms with Crippen molar-refractivity contribution in [1.29, 1.82) is 0 Å². The molecule has 0 spiro atoms. The average molecular weight is 281 g/mol. The highest BCUT2D eigenvalue weighted by Crippen LogP contribution is 2.14. The van der Waals surface area contributed by atoms with Crippen molar-refractivity contribution in [2.75, 3.05) is 6.61 Å². The van der Waals surface area contributed by atoms with Crippen molar-refractivity contribution < 1.29 is 32.6 Å². The van der Waals surface area contributed by atoms with Crippen molar-refractivity contribution in [2.45, 2.75) is 18.6 Å². The van der Waals surface area contributed by atoms with E-state index >= 15 is 0 Å². The maximum absolute atomic E-state index is 11.8. The van der Waals surface area contributed by atoms with Gasteiger partial charge in [-0.3, -0.25) is 0 Å². The summed E-state index contributed by atoms with van der Waals surface area (Å²) in [5.41, 5.74) is 0.406. The molecule has 3 N–H and O–H groups in total. The Morgan fingerprint density at radius 3 is 2.68 bits per heavy atom. The van der Waals surface area contributed by atoms with Crippen LogP contribution in [-0.4, -0.2) is 46.0 Å². The first-order valence-corrected chi connectivity index (χ1v) is 4.98. The monoisotopic (exact) mass is 281 g/mol. The van der Waals surface area contributed by atoms with E-state index in [9.17, 15) is 22.8 Å². The van der Waals surface area contributed by atoms with E-state index in [2.05, 4.69) is 14.7 Å². The Morgan fingerprint density at radius 1 is 1.53 bits per heavy atom. The van der Waals surface area contributed by atoms with E-state index in [1.165, 1.54) is 12.5 Å². The summed E-state index contributed by atoms with van der Waals surface area (Å²) in [6, 6.07) is -1.42. The number of ether oxygens (including phenoxy) is 1. The highest BCUT2D eigenvalue weighted by atomic mass is 19.4. The van der Waals surface area contributed by atoms with Crippen LogP contribution in [0.5, 0.6) is 0 Å². The number of amides is 1. The minimum atomic E-state index is -4.67. The summed E-state index contributed by atoms with van der Waals surface area (Å²) in [5.74, 6) is -1.40. The van der Waals surface area contributed by atoms with Gasteiger partial charge in [0.05, 0.1) is 6.33 Å². The fourth-order valence-electron chi connectivity index (χ4n) is 1.15. The zero-order valence-corrected chi connectivity index (χ0v) is 9.40. The first-order valence-electron chi connectivity index (χ1n) is 4.98. The van der Waals surface area contributed by atoms with Crippen molar-refractivity contribution >= 4 is 12.1 Å². The third-order valence-electron chi connectivity index (χ3n) is 1.94. The van der Waals surface area contributed by atoms with Crippen LogP contribution < -0.4 is 5.32 Å². The molecule has 0 aliphatic carbocycles. The molecular weight excluding hydrogens is 271 g/mol. The average Bonchev–Trinajstić information content (AvgIpc) is 2.77. The molecule has 1 amide bonds. The van der Waals surface area contributed by atoms with Crippen LogP contribution in [0.3, 0.4) is 0 Å². The van der Waals surface area contributed by atoms with Gasteiger partial charge in [0, 0.05) is 18.3 Å². The molecule has 0 bridgehead atoms. The summed E-state index contributed by atoms with van der Waals surface area (Å²) in [6.45, 7) is -1.78. The predicted octanol–water partition coefficient (Wildman–Crippen LogP) is 0.694. The van der Waals surface area contributed by atoms with Gasteiger partial charge >= 0.3 is 18.2 Å². The van der Waals surface area contributed by atoms with Crippen LogP contribution in [0.15, 0.2) is 12.5 Å². The van der Waals surface area contributed by atoms with Crippen LogP contribution in [0.2, 0.25) is 0 Å². The Morgan fingerprint density at radius 2 is 2.21 bits per heavy atom. The zero-order chi connectivity index (χ0) is 14.5. The number of aromatic nitrogens is 2. The Balaban J connectivity index is 2.49. The van der Waals surface area contributed by atoms with Crippen LogP contribution in [0.4, 0.5) is 18.0 Å². The third kappa shape index (κ3) is 5.75. The number of H-pyrrole nitrogens is 1. The second-order valence-corrected chi connectivity index (χ2v) is 3.51. The Labute approximate surface area is 104 Å². The van der Waals surface area contributed by atoms with Gasteiger partial charge in [-0.1, -0.05) is 0 Å². The van der Waals surface area contributed by atoms with Gasteiger partial charge in [-0.05, 0) is 0 Å². The lowest BCUT2D eigenvalue weighted by Gasteiger charge is -2.14. The standard InChI is InChI=1S/C9H10F3N3O4/c10-9(11,12)3-19-8(18)15-6(7(16)17)1-5-2-13-4-14-5/h2,4,6H,1,3H2,(H,13,14)(H,15,18)(H,16,17)/t6-/m0/s1. The second-order valence-electron chi connectivity index (χ2n) is 3.51. The number of nitrogens with zero attached hydrogens (tertiary/aromatic N) is 1. The highest BCUT2D eigenvalue weighted by molar-refractivity contribution is 5.80. The topological polar surface area (TPSA) is 104 Å². The van der Waals surface area contributed by atoms with Gasteiger partial charge in [-0.25, -0.2) is 14.6 Å². The van der Waals surface area contributed by atoms with Crippen LogP contribution in [0.1, 0.15) is 5.69 Å². The molecule has 0 fully saturated rings. The summed E-state index contributed by atoms with van der Waals surface area (Å²) >= 11 is 0. The molecule has 1 heterocycles. The lowest BCUT2D eigenvalue weighted by Crippen LogP contribution is -2.43. The number of carbonyl (C=O) groups excluding carboxylic acids is 1. The van der Waals surface area contributed by atoms with Gasteiger partial charge in [0.25, 0.3) is 0 Å². The molecule has 0 aliphatic heterocycles. The number of alkyl halides is 3. The summed E-state index contributed by atoms with van der Waals surface area (Å²) < 4.78 is 39.2. The van der Waals surface area contributed by atoms with Gasteiger partial charge < -0.3 is 20.1 Å². The number of carboxylic acids is 1. The molecule has 0 saturated carbocycles. The maximum Gasteiger partial charge on any atom is 0.422 e. The number of carboxylic acid groups (broad SMARTS) is 1. The number of hydrogen-bond acceptors (Lipinski definition) is 4. The van der Waals surface area contributed by atoms with Crippen LogP contribution >= 0.6 is 0 Å². The van der Waals surface area contributed by atoms with Crippen molar-refractivity contribution in [3.05, 3.63) is 18.2 Å². The van der Waals surface area contributed by atoms with Gasteiger partial charge in [-0.15, -0.1) is 0 Å². The van der Waals surface area contributed by atoms with Crippen LogP contribution in [0, 0.1) is 0 Å². The molecule has 7 nitrogen and oxygen atoms in total. The number of carbonyl (C=O) groups is 2. The van der Waals surface area contributed by atoms with E-state index in [0.29, 0.717) is 5.69 Å². The lowest BCUT2D eigenvalue weighted by molar-refractivity contribution is -0.160. The predicted molar refractivity (Wildman–Crippen MR) is 54.3 cm³/mol. The Hall–Kier alpha value is -2.26. The Bertz CT molecular complexity index is 432. The number of alkyl carbamates (subject to hydrolysis) is 1.